The number of hydrogen-bond donors (Lipinski definition) is 1. The summed E-state index contributed by atoms with van der Waals surface area (Å²) < 4.78 is 47.7. The second-order valence-corrected chi connectivity index (χ2v) is 9.21. The van der Waals surface area contributed by atoms with Crippen molar-refractivity contribution in [1.29, 1.82) is 0 Å². The summed E-state index contributed by atoms with van der Waals surface area (Å²) in [5, 5.41) is 0. The molecule has 33 heavy (non-hydrogen) atoms. The lowest BCUT2D eigenvalue weighted by atomic mass is 10.3. The fourth-order valence-electron chi connectivity index (χ4n) is 3.75. The van der Waals surface area contributed by atoms with Gasteiger partial charge in [-0.25, -0.2) is 22.8 Å². The second-order valence-electron chi connectivity index (χ2n) is 7.32. The molecule has 0 radical (unpaired) electrons. The molecule has 0 saturated carbocycles. The number of sulfone groups is 1. The van der Waals surface area contributed by atoms with Gasteiger partial charge < -0.3 is 10.5 Å². The summed E-state index contributed by atoms with van der Waals surface area (Å²) in [5.74, 6) is 0.102. The van der Waals surface area contributed by atoms with Crippen molar-refractivity contribution in [3.8, 4) is 11.4 Å². The van der Waals surface area contributed by atoms with E-state index in [2.05, 4.69) is 9.97 Å². The minimum atomic E-state index is -4.13. The number of para-hydroxylation sites is 2. The minimum Gasteiger partial charge on any atom is -0.494 e. The third-order valence-corrected chi connectivity index (χ3v) is 7.08. The van der Waals surface area contributed by atoms with Crippen LogP contribution in [0.1, 0.15) is 6.92 Å². The first-order valence-electron chi connectivity index (χ1n) is 10.2. The van der Waals surface area contributed by atoms with Gasteiger partial charge in [-0.05, 0) is 67.6 Å². The molecule has 0 aliphatic heterocycles. The van der Waals surface area contributed by atoms with E-state index in [-0.39, 0.29) is 21.1 Å². The molecule has 3 aromatic carbocycles. The number of aromatic nitrogens is 3. The van der Waals surface area contributed by atoms with Crippen LogP contribution in [-0.2, 0) is 9.84 Å². The number of hydrogen-bond acceptors (Lipinski definition) is 6. The summed E-state index contributed by atoms with van der Waals surface area (Å²) in [5.41, 5.74) is 8.64. The van der Waals surface area contributed by atoms with Gasteiger partial charge in [0.2, 0.25) is 9.84 Å². The number of rotatable bonds is 5. The molecule has 0 bridgehead atoms. The first-order valence-corrected chi connectivity index (χ1v) is 11.7. The Hall–Kier alpha value is -3.98. The fraction of sp³-hybridized carbons (Fsp3) is 0.0833. The maximum Gasteiger partial charge on any atom is 0.212 e. The third-order valence-electron chi connectivity index (χ3n) is 5.25. The smallest absolute Gasteiger partial charge is 0.212 e. The van der Waals surface area contributed by atoms with Crippen molar-refractivity contribution in [2.45, 2.75) is 16.7 Å². The van der Waals surface area contributed by atoms with Crippen LogP contribution >= 0.6 is 0 Å². The first-order chi connectivity index (χ1) is 15.9. The van der Waals surface area contributed by atoms with E-state index >= 15 is 0 Å². The Labute approximate surface area is 189 Å². The number of nitrogen functional groups attached to an aromatic ring is 1. The Morgan fingerprint density at radius 2 is 1.58 bits per heavy atom. The quantitative estimate of drug-likeness (QED) is 0.385. The van der Waals surface area contributed by atoms with Crippen LogP contribution in [0.4, 0.5) is 10.2 Å². The maximum atomic E-state index is 13.6. The Balaban J connectivity index is 1.83. The van der Waals surface area contributed by atoms with Crippen LogP contribution in [0.5, 0.6) is 5.75 Å². The predicted molar refractivity (Wildman–Crippen MR) is 124 cm³/mol. The van der Waals surface area contributed by atoms with Crippen LogP contribution < -0.4 is 10.5 Å². The lowest BCUT2D eigenvalue weighted by Gasteiger charge is -2.10. The van der Waals surface area contributed by atoms with Crippen molar-refractivity contribution in [3.05, 3.63) is 78.6 Å². The zero-order valence-corrected chi connectivity index (χ0v) is 18.4. The van der Waals surface area contributed by atoms with Crippen LogP contribution in [0.25, 0.3) is 27.9 Å². The summed E-state index contributed by atoms with van der Waals surface area (Å²) in [6.07, 6.45) is 0. The summed E-state index contributed by atoms with van der Waals surface area (Å²) in [6.45, 7) is 2.41. The highest BCUT2D eigenvalue weighted by molar-refractivity contribution is 7.92. The van der Waals surface area contributed by atoms with Gasteiger partial charge in [0, 0.05) is 5.69 Å². The van der Waals surface area contributed by atoms with Crippen molar-refractivity contribution in [1.82, 2.24) is 14.5 Å². The molecule has 5 aromatic rings. The molecular formula is C24H19FN4O3S. The fourth-order valence-corrected chi connectivity index (χ4v) is 5.24. The van der Waals surface area contributed by atoms with Crippen molar-refractivity contribution in [2.24, 2.45) is 0 Å². The molecule has 0 aliphatic carbocycles. The van der Waals surface area contributed by atoms with Crippen molar-refractivity contribution < 1.29 is 17.5 Å². The molecule has 0 spiro atoms. The Bertz CT molecular complexity index is 1600. The van der Waals surface area contributed by atoms with Crippen LogP contribution in [0.2, 0.25) is 0 Å². The number of ether oxygens (including phenoxy) is 1. The van der Waals surface area contributed by atoms with E-state index in [1.54, 1.807) is 47.0 Å². The molecule has 0 amide bonds. The van der Waals surface area contributed by atoms with Crippen LogP contribution in [0.3, 0.4) is 0 Å². The van der Waals surface area contributed by atoms with Crippen LogP contribution in [-0.4, -0.2) is 29.6 Å². The minimum absolute atomic E-state index is 0.0335. The first kappa shape index (κ1) is 20.9. The average Bonchev–Trinajstić information content (AvgIpc) is 3.10. The lowest BCUT2D eigenvalue weighted by molar-refractivity contribution is 0.340. The number of fused-ring (bicyclic) bond motifs is 2. The summed E-state index contributed by atoms with van der Waals surface area (Å²) in [4.78, 5) is 9.02. The van der Waals surface area contributed by atoms with Gasteiger partial charge >= 0.3 is 0 Å². The number of benzene rings is 3. The van der Waals surface area contributed by atoms with E-state index < -0.39 is 15.7 Å². The highest BCUT2D eigenvalue weighted by Gasteiger charge is 2.30. The summed E-state index contributed by atoms with van der Waals surface area (Å²) in [7, 11) is -4.13. The van der Waals surface area contributed by atoms with E-state index in [4.69, 9.17) is 10.5 Å². The molecule has 0 fully saturated rings. The number of halogens is 1. The van der Waals surface area contributed by atoms with Crippen molar-refractivity contribution >= 4 is 37.9 Å². The standard InChI is InChI=1S/C24H19FN4O3S/c1-2-32-17-11-9-16(10-12-17)29-23(26)22(33(30,31)18-13-7-15(25)8-14-18)21-24(29)28-20-6-4-3-5-19(20)27-21/h3-14H,2,26H2,1H3. The van der Waals surface area contributed by atoms with Gasteiger partial charge in [-0.1, -0.05) is 12.1 Å². The molecule has 166 valence electrons. The molecule has 0 aliphatic rings. The Kier molecular flexibility index (Phi) is 4.98. The van der Waals surface area contributed by atoms with E-state index in [1.165, 1.54) is 12.1 Å². The van der Waals surface area contributed by atoms with Gasteiger partial charge in [-0.15, -0.1) is 0 Å². The molecule has 2 aromatic heterocycles. The van der Waals surface area contributed by atoms with Crippen LogP contribution in [0, 0.1) is 5.82 Å². The molecule has 2 N–H and O–H groups in total. The van der Waals surface area contributed by atoms with Crippen LogP contribution in [0.15, 0.2) is 82.6 Å². The monoisotopic (exact) mass is 462 g/mol. The maximum absolute atomic E-state index is 13.6. The van der Waals surface area contributed by atoms with E-state index in [0.717, 1.165) is 12.1 Å². The summed E-state index contributed by atoms with van der Waals surface area (Å²) >= 11 is 0. The lowest BCUT2D eigenvalue weighted by Crippen LogP contribution is -2.07. The van der Waals surface area contributed by atoms with Gasteiger partial charge in [0.1, 0.15) is 27.8 Å². The third kappa shape index (κ3) is 3.46. The largest absolute Gasteiger partial charge is 0.494 e. The average molecular weight is 463 g/mol. The zero-order chi connectivity index (χ0) is 23.2. The van der Waals surface area contributed by atoms with E-state index in [9.17, 15) is 12.8 Å². The topological polar surface area (TPSA) is 100 Å². The van der Waals surface area contributed by atoms with Gasteiger partial charge in [-0.2, -0.15) is 0 Å². The molecular weight excluding hydrogens is 443 g/mol. The molecule has 7 nitrogen and oxygen atoms in total. The van der Waals surface area contributed by atoms with Crippen molar-refractivity contribution in [3.63, 3.8) is 0 Å². The highest BCUT2D eigenvalue weighted by atomic mass is 32.2. The van der Waals surface area contributed by atoms with Gasteiger partial charge in [0.05, 0.1) is 22.5 Å². The summed E-state index contributed by atoms with van der Waals surface area (Å²) in [6, 6.07) is 18.8. The SMILES string of the molecule is CCOc1ccc(-n2c(N)c(S(=O)(=O)c3ccc(F)cc3)c3nc4ccccc4nc32)cc1. The number of nitrogens with zero attached hydrogens (tertiary/aromatic N) is 3. The highest BCUT2D eigenvalue weighted by Crippen LogP contribution is 2.37. The molecule has 0 atom stereocenters. The van der Waals surface area contributed by atoms with Gasteiger partial charge in [0.15, 0.2) is 5.65 Å². The van der Waals surface area contributed by atoms with Gasteiger partial charge in [-0.3, -0.25) is 4.57 Å². The second kappa shape index (κ2) is 7.86. The van der Waals surface area contributed by atoms with E-state index in [1.807, 2.05) is 13.0 Å². The molecule has 0 unspecified atom stereocenters. The van der Waals surface area contributed by atoms with Gasteiger partial charge in [0.25, 0.3) is 0 Å². The molecule has 2 heterocycles. The molecule has 5 rings (SSSR count). The Morgan fingerprint density at radius 3 is 2.21 bits per heavy atom. The normalized spacial score (nSPS) is 11.8. The number of nitrogens with two attached hydrogens (primary N) is 1. The molecule has 0 saturated heterocycles. The zero-order valence-electron chi connectivity index (χ0n) is 17.6. The van der Waals surface area contributed by atoms with E-state index in [0.29, 0.717) is 34.7 Å². The number of anilines is 1. The predicted octanol–water partition coefficient (Wildman–Crippen LogP) is 4.53. The van der Waals surface area contributed by atoms with Crippen molar-refractivity contribution in [2.75, 3.05) is 12.3 Å². The molecule has 9 heteroatoms. The Morgan fingerprint density at radius 1 is 0.939 bits per heavy atom.